The smallest absolute Gasteiger partial charge is 0.304 e. The van der Waals surface area contributed by atoms with E-state index in [1.54, 1.807) is 0 Å². The first-order chi connectivity index (χ1) is 13.1. The summed E-state index contributed by atoms with van der Waals surface area (Å²) in [5.74, 6) is -1.96. The maximum absolute atomic E-state index is 12.7. The maximum Gasteiger partial charge on any atom is 0.304 e. The summed E-state index contributed by atoms with van der Waals surface area (Å²) in [6, 6.07) is -0.836. The van der Waals surface area contributed by atoms with Crippen LogP contribution in [0.5, 0.6) is 0 Å². The number of allylic oxidation sites excluding steroid dienone is 1. The molecule has 162 valence electrons. The van der Waals surface area contributed by atoms with Crippen LogP contribution in [0.1, 0.15) is 71.6 Å². The number of hydrogen-bond acceptors (Lipinski definition) is 4. The number of nitrogens with one attached hydrogen (secondary N) is 1. The van der Waals surface area contributed by atoms with Crippen molar-refractivity contribution in [2.45, 2.75) is 89.9 Å². The summed E-state index contributed by atoms with van der Waals surface area (Å²) >= 11 is 5.79. The number of hydrogen-bond donors (Lipinski definition) is 4. The predicted octanol–water partition coefficient (Wildman–Crippen LogP) is 3.44. The van der Waals surface area contributed by atoms with Gasteiger partial charge in [-0.25, -0.2) is 0 Å². The van der Waals surface area contributed by atoms with Gasteiger partial charge in [-0.2, -0.15) is 0 Å². The lowest BCUT2D eigenvalue weighted by Crippen LogP contribution is -2.53. The van der Waals surface area contributed by atoms with Crippen LogP contribution in [0.3, 0.4) is 0 Å². The molecule has 0 aliphatic heterocycles. The maximum atomic E-state index is 12.7. The average molecular weight is 418 g/mol. The number of carboxylic acids is 1. The molecule has 0 spiro atoms. The van der Waals surface area contributed by atoms with Crippen molar-refractivity contribution in [2.24, 2.45) is 17.8 Å². The molecule has 0 saturated heterocycles. The Labute approximate surface area is 173 Å². The van der Waals surface area contributed by atoms with Gasteiger partial charge in [-0.1, -0.05) is 64.1 Å². The normalized spacial score (nSPS) is 19.6. The third-order valence-electron chi connectivity index (χ3n) is 5.41. The minimum absolute atomic E-state index is 0.0331. The molecule has 1 fully saturated rings. The summed E-state index contributed by atoms with van der Waals surface area (Å²) in [5, 5.41) is 33.4. The number of halogens is 1. The molecule has 1 aliphatic carbocycles. The van der Waals surface area contributed by atoms with Gasteiger partial charge in [0.1, 0.15) is 0 Å². The van der Waals surface area contributed by atoms with Gasteiger partial charge in [0.25, 0.3) is 0 Å². The number of carbonyl (C=O) groups is 2. The number of aliphatic hydroxyl groups excluding tert-OH is 2. The summed E-state index contributed by atoms with van der Waals surface area (Å²) in [5.41, 5.74) is 0. The lowest BCUT2D eigenvalue weighted by atomic mass is 9.82. The first-order valence-electron chi connectivity index (χ1n) is 10.3. The molecule has 1 amide bonds. The van der Waals surface area contributed by atoms with Gasteiger partial charge in [0, 0.05) is 5.03 Å². The van der Waals surface area contributed by atoms with E-state index in [2.05, 4.69) is 11.9 Å². The topological polar surface area (TPSA) is 107 Å². The summed E-state index contributed by atoms with van der Waals surface area (Å²) < 4.78 is 0. The molecular weight excluding hydrogens is 382 g/mol. The zero-order valence-corrected chi connectivity index (χ0v) is 17.8. The molecule has 1 saturated carbocycles. The largest absolute Gasteiger partial charge is 0.481 e. The zero-order valence-electron chi connectivity index (χ0n) is 17.1. The van der Waals surface area contributed by atoms with Crippen LogP contribution in [0.15, 0.2) is 11.6 Å². The van der Waals surface area contributed by atoms with Crippen LogP contribution in [-0.4, -0.2) is 45.4 Å². The second kappa shape index (κ2) is 12.5. The summed E-state index contributed by atoms with van der Waals surface area (Å²) in [6.45, 7) is 7.46. The van der Waals surface area contributed by atoms with Crippen molar-refractivity contribution in [1.82, 2.24) is 5.32 Å². The van der Waals surface area contributed by atoms with Crippen LogP contribution in [0.2, 0.25) is 0 Å². The van der Waals surface area contributed by atoms with Crippen molar-refractivity contribution >= 4 is 23.5 Å². The molecule has 0 aromatic carbocycles. The molecule has 6 nitrogen and oxygen atoms in total. The van der Waals surface area contributed by atoms with Gasteiger partial charge >= 0.3 is 5.97 Å². The van der Waals surface area contributed by atoms with E-state index >= 15 is 0 Å². The van der Waals surface area contributed by atoms with E-state index in [1.807, 2.05) is 13.8 Å². The number of carbonyl (C=O) groups excluding carboxylic acids is 1. The second-order valence-electron chi connectivity index (χ2n) is 8.55. The van der Waals surface area contributed by atoms with Gasteiger partial charge in [0.2, 0.25) is 5.91 Å². The SMILES string of the molecule is C=C(Cl)C[C@H](CC(=O)O)C(=O)NC(C(O)CC(C)C)C(O)CC1CCCCC1. The molecular formula is C21H36ClNO5. The highest BCUT2D eigenvalue weighted by atomic mass is 35.5. The van der Waals surface area contributed by atoms with Crippen molar-refractivity contribution in [2.75, 3.05) is 0 Å². The first kappa shape index (κ1) is 24.9. The van der Waals surface area contributed by atoms with Crippen molar-refractivity contribution in [3.63, 3.8) is 0 Å². The van der Waals surface area contributed by atoms with Gasteiger partial charge in [0.15, 0.2) is 0 Å². The fraction of sp³-hybridized carbons (Fsp3) is 0.810. The third-order valence-corrected chi connectivity index (χ3v) is 5.56. The Hall–Kier alpha value is -1.11. The fourth-order valence-corrected chi connectivity index (χ4v) is 4.19. The quantitative estimate of drug-likeness (QED) is 0.389. The number of aliphatic hydroxyl groups is 2. The Bertz CT molecular complexity index is 503. The third kappa shape index (κ3) is 9.39. The molecule has 3 unspecified atom stereocenters. The Kier molecular flexibility index (Phi) is 11.1. The van der Waals surface area contributed by atoms with Gasteiger partial charge < -0.3 is 20.6 Å². The van der Waals surface area contributed by atoms with Crippen molar-refractivity contribution in [3.05, 3.63) is 11.6 Å². The van der Waals surface area contributed by atoms with Crippen LogP contribution in [0.25, 0.3) is 0 Å². The molecule has 28 heavy (non-hydrogen) atoms. The lowest BCUT2D eigenvalue weighted by Gasteiger charge is -2.33. The van der Waals surface area contributed by atoms with Crippen molar-refractivity contribution in [3.8, 4) is 0 Å². The molecule has 1 aliphatic rings. The van der Waals surface area contributed by atoms with E-state index < -0.39 is 36.0 Å². The van der Waals surface area contributed by atoms with Crippen LogP contribution in [0, 0.1) is 17.8 Å². The van der Waals surface area contributed by atoms with Crippen molar-refractivity contribution < 1.29 is 24.9 Å². The van der Waals surface area contributed by atoms with Gasteiger partial charge in [-0.15, -0.1) is 0 Å². The average Bonchev–Trinajstić information content (AvgIpc) is 2.58. The Morgan fingerprint density at radius 3 is 2.21 bits per heavy atom. The molecule has 0 aromatic heterocycles. The van der Waals surface area contributed by atoms with Crippen LogP contribution < -0.4 is 5.32 Å². The second-order valence-corrected chi connectivity index (χ2v) is 9.09. The highest BCUT2D eigenvalue weighted by molar-refractivity contribution is 6.29. The Morgan fingerprint density at radius 2 is 1.71 bits per heavy atom. The molecule has 0 heterocycles. The zero-order chi connectivity index (χ0) is 21.3. The van der Waals surface area contributed by atoms with Crippen molar-refractivity contribution in [1.29, 1.82) is 0 Å². The van der Waals surface area contributed by atoms with E-state index in [-0.39, 0.29) is 23.8 Å². The summed E-state index contributed by atoms with van der Waals surface area (Å²) in [6.07, 6.45) is 4.39. The predicted molar refractivity (Wildman–Crippen MR) is 110 cm³/mol. The summed E-state index contributed by atoms with van der Waals surface area (Å²) in [4.78, 5) is 23.8. The van der Waals surface area contributed by atoms with Crippen LogP contribution >= 0.6 is 11.6 Å². The highest BCUT2D eigenvalue weighted by Gasteiger charge is 2.33. The first-order valence-corrected chi connectivity index (χ1v) is 10.7. The van der Waals surface area contributed by atoms with E-state index in [1.165, 1.54) is 6.42 Å². The molecule has 1 rings (SSSR count). The van der Waals surface area contributed by atoms with E-state index in [9.17, 15) is 19.8 Å². The molecule has 0 radical (unpaired) electrons. The van der Waals surface area contributed by atoms with E-state index in [0.29, 0.717) is 18.8 Å². The molecule has 4 atom stereocenters. The standard InChI is InChI=1S/C21H36ClNO5/c1-13(2)9-17(24)20(18(25)11-15-7-5-4-6-8-15)23-21(28)16(10-14(3)22)12-19(26)27/h13,15-18,20,24-25H,3-12H2,1-2H3,(H,23,28)(H,26,27)/t16-,17?,18?,20?/m1/s1. The van der Waals surface area contributed by atoms with E-state index in [4.69, 9.17) is 16.7 Å². The van der Waals surface area contributed by atoms with Gasteiger partial charge in [0.05, 0.1) is 30.6 Å². The number of rotatable bonds is 12. The van der Waals surface area contributed by atoms with Gasteiger partial charge in [-0.3, -0.25) is 9.59 Å². The van der Waals surface area contributed by atoms with Crippen LogP contribution in [-0.2, 0) is 9.59 Å². The monoisotopic (exact) mass is 417 g/mol. The molecule has 0 bridgehead atoms. The Morgan fingerprint density at radius 1 is 1.11 bits per heavy atom. The summed E-state index contributed by atoms with van der Waals surface area (Å²) in [7, 11) is 0. The van der Waals surface area contributed by atoms with Crippen LogP contribution in [0.4, 0.5) is 0 Å². The molecule has 0 aromatic rings. The molecule has 4 N–H and O–H groups in total. The number of amides is 1. The highest BCUT2D eigenvalue weighted by Crippen LogP contribution is 2.29. The fourth-order valence-electron chi connectivity index (χ4n) is 4.01. The van der Waals surface area contributed by atoms with E-state index in [0.717, 1.165) is 25.7 Å². The lowest BCUT2D eigenvalue weighted by molar-refractivity contribution is -0.141. The number of carboxylic acid groups (broad SMARTS) is 1. The van der Waals surface area contributed by atoms with Gasteiger partial charge in [-0.05, 0) is 31.1 Å². The minimum atomic E-state index is -1.11. The molecule has 7 heteroatoms. The minimum Gasteiger partial charge on any atom is -0.481 e. The number of aliphatic carboxylic acids is 1. The Balaban J connectivity index is 2.87.